The van der Waals surface area contributed by atoms with Crippen molar-refractivity contribution in [1.29, 1.82) is 0 Å². The highest BCUT2D eigenvalue weighted by Crippen LogP contribution is 2.22. The van der Waals surface area contributed by atoms with Crippen LogP contribution in [0.25, 0.3) is 0 Å². The quantitative estimate of drug-likeness (QED) is 0.609. The summed E-state index contributed by atoms with van der Waals surface area (Å²) in [4.78, 5) is 39.7. The van der Waals surface area contributed by atoms with Crippen LogP contribution in [0.15, 0.2) is 48.5 Å². The summed E-state index contributed by atoms with van der Waals surface area (Å²) >= 11 is 0. The van der Waals surface area contributed by atoms with Crippen molar-refractivity contribution in [1.82, 2.24) is 9.80 Å². The van der Waals surface area contributed by atoms with E-state index in [9.17, 15) is 14.4 Å². The van der Waals surface area contributed by atoms with Gasteiger partial charge in [0, 0.05) is 20.0 Å². The van der Waals surface area contributed by atoms with Gasteiger partial charge in [-0.25, -0.2) is 0 Å². The molecule has 0 saturated carbocycles. The Morgan fingerprint density at radius 3 is 2.14 bits per heavy atom. The Bertz CT molecular complexity index is 859. The number of rotatable bonds is 9. The maximum absolute atomic E-state index is 12.3. The normalized spacial score (nSPS) is 12.7. The number of carbonyl (C=O) groups is 3. The van der Waals surface area contributed by atoms with E-state index in [1.54, 1.807) is 43.3 Å². The Kier molecular flexibility index (Phi) is 6.49. The summed E-state index contributed by atoms with van der Waals surface area (Å²) in [5.41, 5.74) is 0.855. The number of carbonyl (C=O) groups excluding carboxylic acids is 3. The molecule has 2 aromatic rings. The first-order valence-corrected chi connectivity index (χ1v) is 9.47. The number of hydrogen-bond donors (Lipinski definition) is 0. The molecule has 0 saturated heterocycles. The summed E-state index contributed by atoms with van der Waals surface area (Å²) in [6.45, 7) is 1.04. The highest BCUT2D eigenvalue weighted by Gasteiger charge is 2.34. The molecule has 1 aliphatic heterocycles. The van der Waals surface area contributed by atoms with E-state index in [1.165, 1.54) is 4.90 Å². The lowest BCUT2D eigenvalue weighted by Gasteiger charge is -2.19. The second-order valence-electron chi connectivity index (χ2n) is 6.75. The SMILES string of the molecule is COc1ccc(OCCN(C)C(=O)CCCN2C(=O)c3ccccc3C2=O)cc1. The molecule has 0 aromatic heterocycles. The Morgan fingerprint density at radius 2 is 1.55 bits per heavy atom. The molecular formula is C22H24N2O5. The number of nitrogens with zero attached hydrogens (tertiary/aromatic N) is 2. The Morgan fingerprint density at radius 1 is 0.966 bits per heavy atom. The maximum atomic E-state index is 12.3. The molecule has 0 atom stereocenters. The summed E-state index contributed by atoms with van der Waals surface area (Å²) in [7, 11) is 3.31. The van der Waals surface area contributed by atoms with Crippen molar-refractivity contribution in [2.45, 2.75) is 12.8 Å². The number of methoxy groups -OCH3 is 1. The topological polar surface area (TPSA) is 76.2 Å². The minimum atomic E-state index is -0.292. The molecule has 3 amide bonds. The molecule has 152 valence electrons. The van der Waals surface area contributed by atoms with Crippen LogP contribution in [-0.4, -0.2) is 61.4 Å². The number of amides is 3. The molecule has 0 spiro atoms. The molecule has 3 rings (SSSR count). The maximum Gasteiger partial charge on any atom is 0.261 e. The summed E-state index contributed by atoms with van der Waals surface area (Å²) < 4.78 is 10.7. The number of hydrogen-bond acceptors (Lipinski definition) is 5. The molecule has 1 heterocycles. The molecule has 7 heteroatoms. The minimum Gasteiger partial charge on any atom is -0.497 e. The highest BCUT2D eigenvalue weighted by atomic mass is 16.5. The second-order valence-corrected chi connectivity index (χ2v) is 6.75. The van der Waals surface area contributed by atoms with E-state index in [0.717, 1.165) is 5.75 Å². The molecular weight excluding hydrogens is 372 g/mol. The van der Waals surface area contributed by atoms with Crippen molar-refractivity contribution in [3.8, 4) is 11.5 Å². The highest BCUT2D eigenvalue weighted by molar-refractivity contribution is 6.21. The lowest BCUT2D eigenvalue weighted by Crippen LogP contribution is -2.33. The number of fused-ring (bicyclic) bond motifs is 1. The minimum absolute atomic E-state index is 0.0556. The van der Waals surface area contributed by atoms with Crippen molar-refractivity contribution in [3.05, 3.63) is 59.7 Å². The predicted octanol–water partition coefficient (Wildman–Crippen LogP) is 2.61. The van der Waals surface area contributed by atoms with E-state index in [2.05, 4.69) is 0 Å². The van der Waals surface area contributed by atoms with E-state index in [4.69, 9.17) is 9.47 Å². The zero-order valence-corrected chi connectivity index (χ0v) is 16.6. The molecule has 29 heavy (non-hydrogen) atoms. The molecule has 0 fully saturated rings. The van der Waals surface area contributed by atoms with E-state index in [0.29, 0.717) is 36.4 Å². The number of benzene rings is 2. The van der Waals surface area contributed by atoms with Gasteiger partial charge in [0.1, 0.15) is 18.1 Å². The summed E-state index contributed by atoms with van der Waals surface area (Å²) in [5, 5.41) is 0. The Labute approximate surface area is 169 Å². The van der Waals surface area contributed by atoms with Gasteiger partial charge in [-0.05, 0) is 42.8 Å². The van der Waals surface area contributed by atoms with Gasteiger partial charge in [0.25, 0.3) is 11.8 Å². The zero-order chi connectivity index (χ0) is 20.8. The van der Waals surface area contributed by atoms with Gasteiger partial charge in [-0.1, -0.05) is 12.1 Å². The van der Waals surface area contributed by atoms with Crippen LogP contribution in [0.1, 0.15) is 33.6 Å². The van der Waals surface area contributed by atoms with Crippen LogP contribution in [0.4, 0.5) is 0 Å². The standard InChI is InChI=1S/C22H24N2O5/c1-23(14-15-29-17-11-9-16(28-2)10-12-17)20(25)8-5-13-24-21(26)18-6-3-4-7-19(18)22(24)27/h3-4,6-7,9-12H,5,8,13-15H2,1-2H3. The average molecular weight is 396 g/mol. The first-order chi connectivity index (χ1) is 14.0. The van der Waals surface area contributed by atoms with Gasteiger partial charge in [0.05, 0.1) is 24.8 Å². The van der Waals surface area contributed by atoms with Gasteiger partial charge in [0.15, 0.2) is 0 Å². The lowest BCUT2D eigenvalue weighted by atomic mass is 10.1. The second kappa shape index (κ2) is 9.23. The summed E-state index contributed by atoms with van der Waals surface area (Å²) in [6, 6.07) is 14.0. The van der Waals surface area contributed by atoms with Gasteiger partial charge in [-0.2, -0.15) is 0 Å². The molecule has 0 N–H and O–H groups in total. The molecule has 0 aliphatic carbocycles. The van der Waals surface area contributed by atoms with Gasteiger partial charge >= 0.3 is 0 Å². The Hall–Kier alpha value is -3.35. The van der Waals surface area contributed by atoms with Crippen LogP contribution in [0.5, 0.6) is 11.5 Å². The molecule has 1 aliphatic rings. The van der Waals surface area contributed by atoms with Crippen molar-refractivity contribution in [3.63, 3.8) is 0 Å². The van der Waals surface area contributed by atoms with Gasteiger partial charge in [-0.15, -0.1) is 0 Å². The fourth-order valence-electron chi connectivity index (χ4n) is 3.12. The van der Waals surface area contributed by atoms with Crippen LogP contribution < -0.4 is 9.47 Å². The van der Waals surface area contributed by atoms with Crippen molar-refractivity contribution in [2.24, 2.45) is 0 Å². The van der Waals surface area contributed by atoms with Gasteiger partial charge < -0.3 is 14.4 Å². The average Bonchev–Trinajstić information content (AvgIpc) is 2.99. The van der Waals surface area contributed by atoms with E-state index >= 15 is 0 Å². The van der Waals surface area contributed by atoms with Crippen molar-refractivity contribution >= 4 is 17.7 Å². The van der Waals surface area contributed by atoms with Crippen LogP contribution >= 0.6 is 0 Å². The fraction of sp³-hybridized carbons (Fsp3) is 0.318. The number of ether oxygens (including phenoxy) is 2. The van der Waals surface area contributed by atoms with E-state index in [1.807, 2.05) is 24.3 Å². The third-order valence-corrected chi connectivity index (χ3v) is 4.83. The van der Waals surface area contributed by atoms with Crippen molar-refractivity contribution in [2.75, 3.05) is 33.9 Å². The largest absolute Gasteiger partial charge is 0.497 e. The zero-order valence-electron chi connectivity index (χ0n) is 16.6. The lowest BCUT2D eigenvalue weighted by molar-refractivity contribution is -0.130. The molecule has 0 bridgehead atoms. The molecule has 2 aromatic carbocycles. The van der Waals surface area contributed by atoms with Gasteiger partial charge in [0.2, 0.25) is 5.91 Å². The fourth-order valence-corrected chi connectivity index (χ4v) is 3.12. The smallest absolute Gasteiger partial charge is 0.261 e. The Balaban J connectivity index is 1.39. The van der Waals surface area contributed by atoms with Crippen LogP contribution in [0.2, 0.25) is 0 Å². The third-order valence-electron chi connectivity index (χ3n) is 4.83. The summed E-state index contributed by atoms with van der Waals surface area (Å²) in [5.74, 6) is 0.818. The molecule has 7 nitrogen and oxygen atoms in total. The van der Waals surface area contributed by atoms with E-state index < -0.39 is 0 Å². The molecule has 0 radical (unpaired) electrons. The number of likely N-dealkylation sites (N-methyl/N-ethyl adjacent to an activating group) is 1. The van der Waals surface area contributed by atoms with Crippen molar-refractivity contribution < 1.29 is 23.9 Å². The van der Waals surface area contributed by atoms with Crippen LogP contribution in [0.3, 0.4) is 0 Å². The van der Waals surface area contributed by atoms with Crippen LogP contribution in [-0.2, 0) is 4.79 Å². The summed E-state index contributed by atoms with van der Waals surface area (Å²) in [6.07, 6.45) is 0.681. The van der Waals surface area contributed by atoms with E-state index in [-0.39, 0.29) is 30.7 Å². The predicted molar refractivity (Wildman–Crippen MR) is 107 cm³/mol. The van der Waals surface area contributed by atoms with Crippen LogP contribution in [0, 0.1) is 0 Å². The van der Waals surface area contributed by atoms with Gasteiger partial charge in [-0.3, -0.25) is 19.3 Å². The third kappa shape index (κ3) is 4.74. The first-order valence-electron chi connectivity index (χ1n) is 9.47. The number of imide groups is 1. The monoisotopic (exact) mass is 396 g/mol. The first kappa shape index (κ1) is 20.4. The molecule has 0 unspecified atom stereocenters.